The highest BCUT2D eigenvalue weighted by Crippen LogP contribution is 2.17. The average molecular weight is 274 g/mol. The number of nitrogens with zero attached hydrogens (tertiary/aromatic N) is 1. The zero-order valence-electron chi connectivity index (χ0n) is 9.10. The predicted octanol–water partition coefficient (Wildman–Crippen LogP) is 1.88. The summed E-state index contributed by atoms with van der Waals surface area (Å²) in [5.41, 5.74) is 0.893. The van der Waals surface area contributed by atoms with Gasteiger partial charge >= 0.3 is 0 Å². The third kappa shape index (κ3) is 2.55. The Hall–Kier alpha value is -1.21. The molecule has 0 atom stereocenters. The first-order chi connectivity index (χ1) is 7.88. The van der Waals surface area contributed by atoms with E-state index in [1.807, 2.05) is 0 Å². The summed E-state index contributed by atoms with van der Waals surface area (Å²) in [5.74, 6) is -0.420. The Bertz CT molecular complexity index is 715. The number of aromatic nitrogens is 2. The van der Waals surface area contributed by atoms with Gasteiger partial charge in [-0.15, -0.1) is 0 Å². The van der Waals surface area contributed by atoms with Gasteiger partial charge in [-0.05, 0) is 24.4 Å². The van der Waals surface area contributed by atoms with Crippen molar-refractivity contribution < 1.29 is 12.8 Å². The molecular formula is C10H11FN2O2S2. The lowest BCUT2D eigenvalue weighted by molar-refractivity contribution is 0.595. The van der Waals surface area contributed by atoms with Gasteiger partial charge < -0.3 is 9.55 Å². The minimum Gasteiger partial charge on any atom is -0.328 e. The fourth-order valence-electron chi connectivity index (χ4n) is 1.62. The smallest absolute Gasteiger partial charge is 0.178 e. The molecule has 0 bridgehead atoms. The molecule has 0 aliphatic heterocycles. The predicted molar refractivity (Wildman–Crippen MR) is 66.8 cm³/mol. The molecule has 1 heterocycles. The molecule has 1 N–H and O–H groups in total. The van der Waals surface area contributed by atoms with Crippen LogP contribution in [0.2, 0.25) is 0 Å². The van der Waals surface area contributed by atoms with E-state index in [4.69, 9.17) is 12.2 Å². The van der Waals surface area contributed by atoms with Crippen LogP contribution >= 0.6 is 12.2 Å². The Labute approximate surface area is 103 Å². The number of para-hydroxylation sites is 1. The second-order valence-electron chi connectivity index (χ2n) is 3.85. The van der Waals surface area contributed by atoms with Gasteiger partial charge in [0.1, 0.15) is 21.2 Å². The van der Waals surface area contributed by atoms with Crippen LogP contribution in [0.25, 0.3) is 11.0 Å². The third-order valence-electron chi connectivity index (χ3n) is 2.45. The monoisotopic (exact) mass is 274 g/mol. The molecular weight excluding hydrogens is 263 g/mol. The first kappa shape index (κ1) is 12.3. The van der Waals surface area contributed by atoms with E-state index in [-0.39, 0.29) is 12.3 Å². The number of aromatic amines is 1. The third-order valence-corrected chi connectivity index (χ3v) is 3.69. The molecule has 0 saturated heterocycles. The number of nitrogens with one attached hydrogen (secondary N) is 1. The maximum Gasteiger partial charge on any atom is 0.178 e. The SMILES string of the molecule is CS(=O)(=O)CCn1c(=S)[nH]c2c(F)cccc21. The number of sulfone groups is 1. The van der Waals surface area contributed by atoms with Gasteiger partial charge in [0.15, 0.2) is 4.77 Å². The summed E-state index contributed by atoms with van der Waals surface area (Å²) in [4.78, 5) is 2.74. The summed E-state index contributed by atoms with van der Waals surface area (Å²) in [6, 6.07) is 4.60. The molecule has 0 spiro atoms. The maximum atomic E-state index is 13.4. The van der Waals surface area contributed by atoms with Crippen LogP contribution in [0, 0.1) is 10.6 Å². The minimum absolute atomic E-state index is 0.0230. The van der Waals surface area contributed by atoms with E-state index in [9.17, 15) is 12.8 Å². The van der Waals surface area contributed by atoms with Crippen LogP contribution in [0.15, 0.2) is 18.2 Å². The molecule has 92 valence electrons. The highest BCUT2D eigenvalue weighted by Gasteiger charge is 2.10. The van der Waals surface area contributed by atoms with E-state index in [0.717, 1.165) is 6.26 Å². The maximum absolute atomic E-state index is 13.4. The first-order valence-electron chi connectivity index (χ1n) is 4.93. The minimum atomic E-state index is -3.07. The zero-order valence-corrected chi connectivity index (χ0v) is 10.7. The van der Waals surface area contributed by atoms with Crippen molar-refractivity contribution in [3.05, 3.63) is 28.8 Å². The van der Waals surface area contributed by atoms with E-state index in [0.29, 0.717) is 15.8 Å². The average Bonchev–Trinajstić information content (AvgIpc) is 2.52. The highest BCUT2D eigenvalue weighted by molar-refractivity contribution is 7.90. The largest absolute Gasteiger partial charge is 0.328 e. The van der Waals surface area contributed by atoms with Crippen LogP contribution in [0.1, 0.15) is 0 Å². The quantitative estimate of drug-likeness (QED) is 0.870. The molecule has 17 heavy (non-hydrogen) atoms. The molecule has 0 aliphatic rings. The van der Waals surface area contributed by atoms with E-state index in [1.165, 1.54) is 6.07 Å². The summed E-state index contributed by atoms with van der Waals surface area (Å²) in [5, 5.41) is 0. The molecule has 2 rings (SSSR count). The lowest BCUT2D eigenvalue weighted by Gasteiger charge is -2.03. The van der Waals surface area contributed by atoms with E-state index < -0.39 is 15.7 Å². The topological polar surface area (TPSA) is 54.9 Å². The van der Waals surface area contributed by atoms with Gasteiger partial charge in [-0.25, -0.2) is 12.8 Å². The van der Waals surface area contributed by atoms with Crippen molar-refractivity contribution in [2.45, 2.75) is 6.54 Å². The van der Waals surface area contributed by atoms with Crippen LogP contribution in [-0.4, -0.2) is 30.0 Å². The Morgan fingerprint density at radius 2 is 2.18 bits per heavy atom. The molecule has 0 fully saturated rings. The highest BCUT2D eigenvalue weighted by atomic mass is 32.2. The van der Waals surface area contributed by atoms with Gasteiger partial charge in [0.25, 0.3) is 0 Å². The van der Waals surface area contributed by atoms with Gasteiger partial charge in [0.05, 0.1) is 11.3 Å². The van der Waals surface area contributed by atoms with Crippen molar-refractivity contribution in [3.8, 4) is 0 Å². The van der Waals surface area contributed by atoms with Gasteiger partial charge in [-0.3, -0.25) is 0 Å². The number of H-pyrrole nitrogens is 1. The number of fused-ring (bicyclic) bond motifs is 1. The van der Waals surface area contributed by atoms with Crippen LogP contribution in [-0.2, 0) is 16.4 Å². The van der Waals surface area contributed by atoms with E-state index in [2.05, 4.69) is 4.98 Å². The van der Waals surface area contributed by atoms with Crippen LogP contribution in [0.4, 0.5) is 4.39 Å². The number of halogens is 1. The van der Waals surface area contributed by atoms with Crippen LogP contribution < -0.4 is 0 Å². The van der Waals surface area contributed by atoms with Gasteiger partial charge in [0, 0.05) is 12.8 Å². The van der Waals surface area contributed by atoms with Gasteiger partial charge in [0.2, 0.25) is 0 Å². The second kappa shape index (κ2) is 4.23. The van der Waals surface area contributed by atoms with Crippen molar-refractivity contribution in [2.75, 3.05) is 12.0 Å². The summed E-state index contributed by atoms with van der Waals surface area (Å²) < 4.78 is 37.6. The lowest BCUT2D eigenvalue weighted by Crippen LogP contribution is -2.11. The van der Waals surface area contributed by atoms with Crippen molar-refractivity contribution in [2.24, 2.45) is 0 Å². The number of benzene rings is 1. The molecule has 0 aliphatic carbocycles. The zero-order chi connectivity index (χ0) is 12.6. The number of rotatable bonds is 3. The molecule has 0 radical (unpaired) electrons. The number of hydrogen-bond donors (Lipinski definition) is 1. The van der Waals surface area contributed by atoms with Crippen molar-refractivity contribution >= 4 is 33.1 Å². The molecule has 0 unspecified atom stereocenters. The first-order valence-corrected chi connectivity index (χ1v) is 7.40. The van der Waals surface area contributed by atoms with E-state index >= 15 is 0 Å². The van der Waals surface area contributed by atoms with Crippen molar-refractivity contribution in [3.63, 3.8) is 0 Å². The van der Waals surface area contributed by atoms with Crippen LogP contribution in [0.3, 0.4) is 0 Å². The summed E-state index contributed by atoms with van der Waals surface area (Å²) in [6.45, 7) is 0.223. The number of hydrogen-bond acceptors (Lipinski definition) is 3. The standard InChI is InChI=1S/C10H11FN2O2S2/c1-17(14,15)6-5-13-8-4-2-3-7(11)9(8)12-10(13)16/h2-4H,5-6H2,1H3,(H,12,16). The molecule has 1 aromatic carbocycles. The fraction of sp³-hybridized carbons (Fsp3) is 0.300. The second-order valence-corrected chi connectivity index (χ2v) is 6.49. The fourth-order valence-corrected chi connectivity index (χ4v) is 2.43. The summed E-state index contributed by atoms with van der Waals surface area (Å²) in [6.07, 6.45) is 1.16. The molecule has 7 heteroatoms. The van der Waals surface area contributed by atoms with Crippen molar-refractivity contribution in [1.82, 2.24) is 9.55 Å². The van der Waals surface area contributed by atoms with Gasteiger partial charge in [-0.2, -0.15) is 0 Å². The molecule has 2 aromatic rings. The van der Waals surface area contributed by atoms with Crippen molar-refractivity contribution in [1.29, 1.82) is 0 Å². The summed E-state index contributed by atoms with van der Waals surface area (Å²) in [7, 11) is -3.07. The normalized spacial score (nSPS) is 12.1. The molecule has 0 saturated carbocycles. The van der Waals surface area contributed by atoms with E-state index in [1.54, 1.807) is 16.7 Å². The Morgan fingerprint density at radius 3 is 2.82 bits per heavy atom. The molecule has 1 aromatic heterocycles. The van der Waals surface area contributed by atoms with Crippen LogP contribution in [0.5, 0.6) is 0 Å². The summed E-state index contributed by atoms with van der Waals surface area (Å²) >= 11 is 5.05. The Kier molecular flexibility index (Phi) is 3.05. The number of aryl methyl sites for hydroxylation is 1. The molecule has 0 amide bonds. The Morgan fingerprint density at radius 1 is 1.47 bits per heavy atom. The number of imidazole rings is 1. The Balaban J connectivity index is 2.51. The lowest BCUT2D eigenvalue weighted by atomic mass is 10.3. The van der Waals surface area contributed by atoms with Gasteiger partial charge in [-0.1, -0.05) is 6.07 Å². The molecule has 4 nitrogen and oxygen atoms in total.